The summed E-state index contributed by atoms with van der Waals surface area (Å²) in [6, 6.07) is 4.38. The first kappa shape index (κ1) is 25.4. The third-order valence-electron chi connectivity index (χ3n) is 6.52. The second-order valence-electron chi connectivity index (χ2n) is 9.12. The molecular formula is C23H28BN3O9. The van der Waals surface area contributed by atoms with E-state index in [2.05, 4.69) is 10.6 Å². The van der Waals surface area contributed by atoms with Crippen molar-refractivity contribution in [2.45, 2.75) is 64.0 Å². The minimum atomic E-state index is -1.36. The van der Waals surface area contributed by atoms with E-state index in [1.54, 1.807) is 12.1 Å². The first-order valence-electron chi connectivity index (χ1n) is 11.8. The zero-order valence-corrected chi connectivity index (χ0v) is 19.8. The predicted octanol–water partition coefficient (Wildman–Crippen LogP) is 0.955. The molecular weight excluding hydrogens is 473 g/mol. The fourth-order valence-electron chi connectivity index (χ4n) is 4.66. The molecule has 1 aromatic carbocycles. The highest BCUT2D eigenvalue weighted by molar-refractivity contribution is 6.47. The average molecular weight is 501 g/mol. The van der Waals surface area contributed by atoms with E-state index < -0.39 is 30.9 Å². The van der Waals surface area contributed by atoms with E-state index in [0.29, 0.717) is 12.0 Å². The van der Waals surface area contributed by atoms with Crippen LogP contribution in [0.5, 0.6) is 5.75 Å². The Balaban J connectivity index is 1.32. The van der Waals surface area contributed by atoms with Crippen LogP contribution in [0.1, 0.15) is 59.5 Å². The molecule has 0 spiro atoms. The fourth-order valence-corrected chi connectivity index (χ4v) is 4.66. The molecule has 1 fully saturated rings. The van der Waals surface area contributed by atoms with E-state index in [4.69, 9.17) is 24.0 Å². The van der Waals surface area contributed by atoms with E-state index in [1.165, 1.54) is 13.0 Å². The molecule has 1 atom stereocenters. The summed E-state index contributed by atoms with van der Waals surface area (Å²) in [5, 5.41) is 16.1. The summed E-state index contributed by atoms with van der Waals surface area (Å²) in [5.41, 5.74) is 5.90. The summed E-state index contributed by atoms with van der Waals surface area (Å²) in [6.07, 6.45) is 3.66. The Kier molecular flexibility index (Phi) is 7.68. The van der Waals surface area contributed by atoms with E-state index in [-0.39, 0.29) is 53.7 Å². The summed E-state index contributed by atoms with van der Waals surface area (Å²) in [4.78, 5) is 47.4. The summed E-state index contributed by atoms with van der Waals surface area (Å²) < 4.78 is 20.4. The molecule has 0 saturated heterocycles. The number of carbonyl (C=O) groups is 3. The van der Waals surface area contributed by atoms with Gasteiger partial charge in [0, 0.05) is 12.5 Å². The van der Waals surface area contributed by atoms with Gasteiger partial charge in [0.05, 0.1) is 5.94 Å². The number of benzene rings is 1. The number of nitrogens with two attached hydrogens (primary N) is 1. The van der Waals surface area contributed by atoms with Crippen LogP contribution >= 0.6 is 0 Å². The van der Waals surface area contributed by atoms with Crippen LogP contribution in [-0.2, 0) is 22.6 Å². The number of ether oxygens (including phenoxy) is 1. The van der Waals surface area contributed by atoms with Gasteiger partial charge in [0.2, 0.25) is 5.91 Å². The molecule has 1 aliphatic heterocycles. The van der Waals surface area contributed by atoms with Crippen LogP contribution in [0.25, 0.3) is 0 Å². The number of amides is 3. The Bertz CT molecular complexity index is 1190. The third kappa shape index (κ3) is 6.09. The number of carbonyl (C=O) groups excluding carboxylic acids is 3. The monoisotopic (exact) mass is 501 g/mol. The lowest BCUT2D eigenvalue weighted by Crippen LogP contribution is -2.53. The molecule has 0 unspecified atom stereocenters. The molecule has 13 heteroatoms. The van der Waals surface area contributed by atoms with Gasteiger partial charge < -0.3 is 39.6 Å². The lowest BCUT2D eigenvalue weighted by molar-refractivity contribution is -0.122. The minimum absolute atomic E-state index is 0.0371. The van der Waals surface area contributed by atoms with Crippen LogP contribution < -0.4 is 26.8 Å². The van der Waals surface area contributed by atoms with Crippen molar-refractivity contribution >= 4 is 25.0 Å². The van der Waals surface area contributed by atoms with Gasteiger partial charge in [-0.25, -0.2) is 14.4 Å². The van der Waals surface area contributed by atoms with Crippen LogP contribution in [0.2, 0.25) is 0 Å². The first-order chi connectivity index (χ1) is 17.2. The van der Waals surface area contributed by atoms with E-state index in [9.17, 15) is 24.2 Å². The summed E-state index contributed by atoms with van der Waals surface area (Å²) >= 11 is 0. The highest BCUT2D eigenvalue weighted by atomic mass is 16.6. The van der Waals surface area contributed by atoms with Crippen molar-refractivity contribution in [1.29, 1.82) is 0 Å². The van der Waals surface area contributed by atoms with Gasteiger partial charge >= 0.3 is 24.9 Å². The van der Waals surface area contributed by atoms with Crippen molar-refractivity contribution < 1.29 is 37.6 Å². The summed E-state index contributed by atoms with van der Waals surface area (Å²) in [6.45, 7) is 1.21. The van der Waals surface area contributed by atoms with Gasteiger partial charge in [-0.15, -0.1) is 0 Å². The van der Waals surface area contributed by atoms with Crippen molar-refractivity contribution in [3.8, 4) is 5.75 Å². The van der Waals surface area contributed by atoms with E-state index >= 15 is 0 Å². The predicted molar refractivity (Wildman–Crippen MR) is 125 cm³/mol. The number of hydrogen-bond acceptors (Lipinski definition) is 9. The van der Waals surface area contributed by atoms with Gasteiger partial charge in [0.25, 0.3) is 0 Å². The average Bonchev–Trinajstić information content (AvgIpc) is 3.15. The number of para-hydroxylation sites is 1. The molecule has 4 rings (SSSR count). The van der Waals surface area contributed by atoms with Gasteiger partial charge in [-0.3, -0.25) is 4.79 Å². The number of esters is 1. The number of urea groups is 1. The topological polar surface area (TPSA) is 183 Å². The minimum Gasteiger partial charge on any atom is -0.534 e. The van der Waals surface area contributed by atoms with Crippen molar-refractivity contribution in [3.05, 3.63) is 51.5 Å². The molecule has 0 radical (unpaired) electrons. The molecule has 1 saturated carbocycles. The van der Waals surface area contributed by atoms with Crippen LogP contribution in [0.3, 0.4) is 0 Å². The maximum absolute atomic E-state index is 12.6. The number of hydrogen-bond donors (Lipinski definition) is 4. The second-order valence-corrected chi connectivity index (χ2v) is 9.12. The molecule has 0 bridgehead atoms. The van der Waals surface area contributed by atoms with Crippen LogP contribution in [0.15, 0.2) is 31.8 Å². The summed E-state index contributed by atoms with van der Waals surface area (Å²) in [5.74, 6) is -1.85. The maximum Gasteiger partial charge on any atom is 0.547 e. The van der Waals surface area contributed by atoms with Gasteiger partial charge in [-0.2, -0.15) is 0 Å². The lowest BCUT2D eigenvalue weighted by atomic mass is 9.72. The molecule has 5 N–H and O–H groups in total. The molecule has 192 valence electrons. The number of aryl methyl sites for hydroxylation is 1. The quantitative estimate of drug-likeness (QED) is 0.317. The Labute approximate surface area is 206 Å². The zero-order chi connectivity index (χ0) is 25.8. The number of primary amides is 1. The highest BCUT2D eigenvalue weighted by Gasteiger charge is 2.38. The molecule has 12 nitrogen and oxygen atoms in total. The van der Waals surface area contributed by atoms with Crippen molar-refractivity contribution in [2.24, 2.45) is 11.7 Å². The first-order valence-corrected chi connectivity index (χ1v) is 11.8. The van der Waals surface area contributed by atoms with E-state index in [0.717, 1.165) is 25.7 Å². The smallest absolute Gasteiger partial charge is 0.534 e. The Morgan fingerprint density at radius 1 is 1.17 bits per heavy atom. The number of nitrogens with one attached hydrogen (secondary N) is 2. The molecule has 36 heavy (non-hydrogen) atoms. The lowest BCUT2D eigenvalue weighted by Gasteiger charge is -2.31. The molecule has 2 aliphatic rings. The highest BCUT2D eigenvalue weighted by Crippen LogP contribution is 2.31. The fraction of sp³-hybridized carbons (Fsp3) is 0.478. The summed E-state index contributed by atoms with van der Waals surface area (Å²) in [7, 11) is -1.36. The van der Waals surface area contributed by atoms with E-state index in [1.807, 2.05) is 0 Å². The number of rotatable bonds is 7. The Hall–Kier alpha value is -3.74. The molecule has 1 aromatic heterocycles. The van der Waals surface area contributed by atoms with Gasteiger partial charge in [-0.05, 0) is 56.6 Å². The SMILES string of the molecule is Cc1oc(=O)oc1COC(=O)c1cccc2c1OB(O)[C@@H](NC(=O)CC1CCC(NC(N)=O)CC1)C2. The van der Waals surface area contributed by atoms with Crippen molar-refractivity contribution in [1.82, 2.24) is 10.6 Å². The largest absolute Gasteiger partial charge is 0.547 e. The van der Waals surface area contributed by atoms with Gasteiger partial charge in [0.15, 0.2) is 18.1 Å². The van der Waals surface area contributed by atoms with Gasteiger partial charge in [-0.1, -0.05) is 12.1 Å². The van der Waals surface area contributed by atoms with Crippen LogP contribution in [0.4, 0.5) is 4.79 Å². The third-order valence-corrected chi connectivity index (χ3v) is 6.52. The van der Waals surface area contributed by atoms with Crippen LogP contribution in [-0.4, -0.2) is 42.0 Å². The second kappa shape index (κ2) is 10.9. The standard InChI is InChI=1S/C23H28BN3O9/c1-12-17(35-23(31)34-12)11-33-21(29)16-4-2-3-14-10-18(24(32)36-20(14)16)27-19(28)9-13-5-7-15(8-6-13)26-22(25)30/h2-4,13,15,18,32H,5-11H2,1H3,(H,27,28)(H3,25,26,30)/t13?,15?,18-/m0/s1. The van der Waals surface area contributed by atoms with Crippen molar-refractivity contribution in [3.63, 3.8) is 0 Å². The number of fused-ring (bicyclic) bond motifs is 1. The van der Waals surface area contributed by atoms with Crippen molar-refractivity contribution in [2.75, 3.05) is 0 Å². The molecule has 1 aliphatic carbocycles. The molecule has 2 heterocycles. The Morgan fingerprint density at radius 3 is 2.58 bits per heavy atom. The normalized spacial score (nSPS) is 21.2. The maximum atomic E-state index is 12.6. The van der Waals surface area contributed by atoms with Gasteiger partial charge in [0.1, 0.15) is 11.3 Å². The molecule has 2 aromatic rings. The van der Waals surface area contributed by atoms with Crippen LogP contribution in [0, 0.1) is 12.8 Å². The zero-order valence-electron chi connectivity index (χ0n) is 19.8. The molecule has 3 amide bonds. The Morgan fingerprint density at radius 2 is 1.92 bits per heavy atom.